The lowest BCUT2D eigenvalue weighted by Crippen LogP contribution is -3.00. The first-order valence-corrected chi connectivity index (χ1v) is 8.10. The van der Waals surface area contributed by atoms with Crippen LogP contribution in [0.5, 0.6) is 0 Å². The Kier molecular flexibility index (Phi) is 12.0. The normalized spacial score (nSPS) is 10.1. The largest absolute Gasteiger partial charge is 1.00 e. The number of primary amides is 1. The van der Waals surface area contributed by atoms with Crippen molar-refractivity contribution in [2.24, 2.45) is 5.73 Å². The van der Waals surface area contributed by atoms with Gasteiger partial charge in [0.25, 0.3) is 5.91 Å². The number of carbonyl (C=O) groups is 2. The summed E-state index contributed by atoms with van der Waals surface area (Å²) in [4.78, 5) is 21.4. The molecule has 0 unspecified atom stereocenters. The van der Waals surface area contributed by atoms with Gasteiger partial charge in [0.15, 0.2) is 12.4 Å². The standard InChI is InChI=1S/C17H26N2O3.ClH/c18-17(22)15-10-9-13-19(14-15)12-8-6-4-2-1-3-5-7-11-16(20)21;/h9-10,13-14H,1-8,11-12H2,(H2-,18,20,21,22);1H. The molecule has 0 aromatic carbocycles. The summed E-state index contributed by atoms with van der Waals surface area (Å²) in [6.45, 7) is 0.903. The molecule has 0 fully saturated rings. The maximum Gasteiger partial charge on any atom is 0.303 e. The van der Waals surface area contributed by atoms with Crippen LogP contribution >= 0.6 is 0 Å². The topological polar surface area (TPSA) is 84.3 Å². The number of rotatable bonds is 12. The fourth-order valence-corrected chi connectivity index (χ4v) is 2.44. The highest BCUT2D eigenvalue weighted by Crippen LogP contribution is 2.09. The molecule has 6 heteroatoms. The van der Waals surface area contributed by atoms with Gasteiger partial charge in [-0.05, 0) is 18.9 Å². The van der Waals surface area contributed by atoms with Gasteiger partial charge in [-0.15, -0.1) is 0 Å². The zero-order chi connectivity index (χ0) is 16.2. The molecule has 0 saturated carbocycles. The molecule has 1 rings (SSSR count). The number of aliphatic carboxylic acids is 1. The van der Waals surface area contributed by atoms with Gasteiger partial charge in [0.2, 0.25) is 0 Å². The van der Waals surface area contributed by atoms with Gasteiger partial charge in [-0.2, -0.15) is 0 Å². The van der Waals surface area contributed by atoms with Gasteiger partial charge in [-0.25, -0.2) is 4.57 Å². The molecular formula is C17H27ClN2O3. The van der Waals surface area contributed by atoms with E-state index in [0.29, 0.717) is 12.0 Å². The number of amides is 1. The van der Waals surface area contributed by atoms with Crippen LogP contribution in [0.15, 0.2) is 24.5 Å². The molecule has 5 nitrogen and oxygen atoms in total. The lowest BCUT2D eigenvalue weighted by molar-refractivity contribution is -0.697. The molecule has 0 aliphatic carbocycles. The van der Waals surface area contributed by atoms with E-state index in [1.165, 1.54) is 25.7 Å². The monoisotopic (exact) mass is 342 g/mol. The SMILES string of the molecule is NC(=O)c1ccc[n+](CCCCCCCCCCC(=O)O)c1.[Cl-]. The Labute approximate surface area is 144 Å². The van der Waals surface area contributed by atoms with Crippen molar-refractivity contribution in [2.45, 2.75) is 64.3 Å². The summed E-state index contributed by atoms with van der Waals surface area (Å²) in [6.07, 6.45) is 12.8. The van der Waals surface area contributed by atoms with Crippen LogP contribution in [0.4, 0.5) is 0 Å². The van der Waals surface area contributed by atoms with Gasteiger partial charge in [-0.3, -0.25) is 9.59 Å². The number of carbonyl (C=O) groups excluding carboxylic acids is 1. The van der Waals surface area contributed by atoms with Crippen molar-refractivity contribution in [3.8, 4) is 0 Å². The molecule has 1 heterocycles. The molecule has 0 saturated heterocycles. The van der Waals surface area contributed by atoms with Crippen LogP contribution in [0.1, 0.15) is 68.1 Å². The van der Waals surface area contributed by atoms with Crippen molar-refractivity contribution in [1.82, 2.24) is 0 Å². The van der Waals surface area contributed by atoms with Crippen molar-refractivity contribution in [3.63, 3.8) is 0 Å². The molecule has 1 amide bonds. The Morgan fingerprint density at radius 2 is 1.57 bits per heavy atom. The second kappa shape index (κ2) is 12.9. The van der Waals surface area contributed by atoms with E-state index in [1.54, 1.807) is 12.3 Å². The Bertz CT molecular complexity index is 481. The predicted octanol–water partition coefficient (Wildman–Crippen LogP) is -0.327. The number of unbranched alkanes of at least 4 members (excludes halogenated alkanes) is 7. The quantitative estimate of drug-likeness (QED) is 0.403. The summed E-state index contributed by atoms with van der Waals surface area (Å²) >= 11 is 0. The smallest absolute Gasteiger partial charge is 0.303 e. The number of nitrogens with two attached hydrogens (primary N) is 1. The van der Waals surface area contributed by atoms with E-state index in [9.17, 15) is 9.59 Å². The first-order chi connectivity index (χ1) is 10.6. The highest BCUT2D eigenvalue weighted by molar-refractivity contribution is 5.92. The van der Waals surface area contributed by atoms with Crippen LogP contribution in [0.3, 0.4) is 0 Å². The number of carboxylic acids is 1. The summed E-state index contributed by atoms with van der Waals surface area (Å²) in [7, 11) is 0. The van der Waals surface area contributed by atoms with E-state index >= 15 is 0 Å². The molecule has 0 aliphatic heterocycles. The average Bonchev–Trinajstić information content (AvgIpc) is 2.49. The number of carboxylic acid groups (broad SMARTS) is 1. The molecule has 1 aromatic heterocycles. The Morgan fingerprint density at radius 3 is 2.13 bits per heavy atom. The minimum atomic E-state index is -0.696. The molecule has 3 N–H and O–H groups in total. The maximum atomic E-state index is 11.1. The number of halogens is 1. The molecule has 0 radical (unpaired) electrons. The molecule has 23 heavy (non-hydrogen) atoms. The van der Waals surface area contributed by atoms with E-state index in [0.717, 1.165) is 32.2 Å². The van der Waals surface area contributed by atoms with E-state index in [2.05, 4.69) is 0 Å². The molecule has 0 aliphatic rings. The van der Waals surface area contributed by atoms with Crippen molar-refractivity contribution in [3.05, 3.63) is 30.1 Å². The molecule has 1 aromatic rings. The van der Waals surface area contributed by atoms with E-state index in [-0.39, 0.29) is 12.4 Å². The fourth-order valence-electron chi connectivity index (χ4n) is 2.44. The van der Waals surface area contributed by atoms with Crippen molar-refractivity contribution >= 4 is 11.9 Å². The van der Waals surface area contributed by atoms with Gasteiger partial charge in [0, 0.05) is 18.9 Å². The van der Waals surface area contributed by atoms with Crippen LogP contribution in [-0.4, -0.2) is 17.0 Å². The van der Waals surface area contributed by atoms with Gasteiger partial charge >= 0.3 is 5.97 Å². The van der Waals surface area contributed by atoms with Crippen LogP contribution in [-0.2, 0) is 11.3 Å². The number of hydrogen-bond acceptors (Lipinski definition) is 2. The number of aryl methyl sites for hydroxylation is 1. The fraction of sp³-hybridized carbons (Fsp3) is 0.588. The zero-order valence-corrected chi connectivity index (χ0v) is 14.3. The van der Waals surface area contributed by atoms with Gasteiger partial charge < -0.3 is 23.2 Å². The second-order valence-corrected chi connectivity index (χ2v) is 5.67. The second-order valence-electron chi connectivity index (χ2n) is 5.67. The first kappa shape index (κ1) is 21.4. The van der Waals surface area contributed by atoms with E-state index in [4.69, 9.17) is 10.8 Å². The van der Waals surface area contributed by atoms with Gasteiger partial charge in [-0.1, -0.05) is 32.1 Å². The van der Waals surface area contributed by atoms with Crippen molar-refractivity contribution < 1.29 is 31.7 Å². The van der Waals surface area contributed by atoms with Crippen LogP contribution in [0.2, 0.25) is 0 Å². The average molecular weight is 343 g/mol. The van der Waals surface area contributed by atoms with E-state index in [1.807, 2.05) is 16.8 Å². The third kappa shape index (κ3) is 10.7. The summed E-state index contributed by atoms with van der Waals surface area (Å²) < 4.78 is 2.01. The lowest BCUT2D eigenvalue weighted by Gasteiger charge is -2.01. The number of aromatic nitrogens is 1. The third-order valence-electron chi connectivity index (χ3n) is 3.70. The van der Waals surface area contributed by atoms with Crippen molar-refractivity contribution in [2.75, 3.05) is 0 Å². The van der Waals surface area contributed by atoms with E-state index < -0.39 is 11.9 Å². The Hall–Kier alpha value is -1.62. The summed E-state index contributed by atoms with van der Waals surface area (Å²) in [5.41, 5.74) is 5.80. The minimum Gasteiger partial charge on any atom is -1.00 e. The summed E-state index contributed by atoms with van der Waals surface area (Å²) in [5, 5.41) is 8.53. The first-order valence-electron chi connectivity index (χ1n) is 8.10. The predicted molar refractivity (Wildman–Crippen MR) is 84.3 cm³/mol. The molecular weight excluding hydrogens is 316 g/mol. The number of nitrogens with zero attached hydrogens (tertiary/aromatic N) is 1. The summed E-state index contributed by atoms with van der Waals surface area (Å²) in [6, 6.07) is 3.57. The molecule has 130 valence electrons. The van der Waals surface area contributed by atoms with Crippen LogP contribution in [0, 0.1) is 0 Å². The Balaban J connectivity index is 0.00000484. The third-order valence-corrected chi connectivity index (χ3v) is 3.70. The molecule has 0 bridgehead atoms. The minimum absolute atomic E-state index is 0. The highest BCUT2D eigenvalue weighted by atomic mass is 35.5. The Morgan fingerprint density at radius 1 is 1.00 bits per heavy atom. The van der Waals surface area contributed by atoms with Crippen LogP contribution < -0.4 is 22.7 Å². The zero-order valence-electron chi connectivity index (χ0n) is 13.5. The highest BCUT2D eigenvalue weighted by Gasteiger charge is 2.06. The lowest BCUT2D eigenvalue weighted by atomic mass is 10.1. The molecule has 0 atom stereocenters. The van der Waals surface area contributed by atoms with Gasteiger partial charge in [0.05, 0.1) is 0 Å². The van der Waals surface area contributed by atoms with Crippen molar-refractivity contribution in [1.29, 1.82) is 0 Å². The van der Waals surface area contributed by atoms with Crippen LogP contribution in [0.25, 0.3) is 0 Å². The molecule has 0 spiro atoms. The number of pyridine rings is 1. The number of hydrogen-bond donors (Lipinski definition) is 2. The van der Waals surface area contributed by atoms with Gasteiger partial charge in [0.1, 0.15) is 12.1 Å². The summed E-state index contributed by atoms with van der Waals surface area (Å²) in [5.74, 6) is -1.09. The maximum absolute atomic E-state index is 11.1.